The second-order valence-corrected chi connectivity index (χ2v) is 8.19. The maximum absolute atomic E-state index is 12.8. The van der Waals surface area contributed by atoms with Gasteiger partial charge in [-0.3, -0.25) is 9.59 Å². The maximum atomic E-state index is 12.8. The minimum atomic E-state index is -0.713. The minimum absolute atomic E-state index is 0.0361. The number of carboxylic acids is 1. The van der Waals surface area contributed by atoms with Gasteiger partial charge in [0.05, 0.1) is 5.41 Å². The summed E-state index contributed by atoms with van der Waals surface area (Å²) in [5, 5.41) is 9.65. The normalized spacial score (nSPS) is 35.2. The molecule has 4 nitrogen and oxygen atoms in total. The van der Waals surface area contributed by atoms with Crippen LogP contribution in [-0.2, 0) is 9.59 Å². The summed E-state index contributed by atoms with van der Waals surface area (Å²) >= 11 is 3.48. The molecule has 2 saturated carbocycles. The predicted octanol–water partition coefficient (Wildman–Crippen LogP) is 3.27. The number of carbonyl (C=O) groups excluding carboxylic acids is 1. The second-order valence-electron chi connectivity index (χ2n) is 7.27. The van der Waals surface area contributed by atoms with Gasteiger partial charge in [-0.2, -0.15) is 0 Å². The second kappa shape index (κ2) is 5.33. The molecule has 1 aromatic carbocycles. The van der Waals surface area contributed by atoms with Crippen molar-refractivity contribution in [3.63, 3.8) is 0 Å². The molecule has 4 rings (SSSR count). The Balaban J connectivity index is 1.47. The standard InChI is InChI=1S/C18H20BrNO3/c19-13-5-1-3-11(7-13)14-8-15(14)16(21)20-9-12-4-2-6-18(12,10-20)17(22)23/h1,3,5,7,12,14-15H,2,4,6,8-10H2,(H,22,23)/t12-,14?,15?,18+/m0/s1. The van der Waals surface area contributed by atoms with E-state index < -0.39 is 11.4 Å². The van der Waals surface area contributed by atoms with Gasteiger partial charge in [0.15, 0.2) is 0 Å². The predicted molar refractivity (Wildman–Crippen MR) is 89.0 cm³/mol. The fraction of sp³-hybridized carbons (Fsp3) is 0.556. The van der Waals surface area contributed by atoms with Crippen LogP contribution in [0.3, 0.4) is 0 Å². The SMILES string of the molecule is O=C(C1CC1c1cccc(Br)c1)N1C[C@@H]2CCC[C@@]2(C(=O)O)C1. The van der Waals surface area contributed by atoms with E-state index in [4.69, 9.17) is 0 Å². The molecule has 1 saturated heterocycles. The van der Waals surface area contributed by atoms with E-state index in [1.165, 1.54) is 5.56 Å². The number of rotatable bonds is 3. The van der Waals surface area contributed by atoms with Gasteiger partial charge in [0, 0.05) is 23.5 Å². The van der Waals surface area contributed by atoms with E-state index in [1.54, 1.807) is 0 Å². The Hall–Kier alpha value is -1.36. The molecule has 1 heterocycles. The van der Waals surface area contributed by atoms with Gasteiger partial charge >= 0.3 is 5.97 Å². The maximum Gasteiger partial charge on any atom is 0.311 e. The summed E-state index contributed by atoms with van der Waals surface area (Å²) < 4.78 is 1.04. The highest BCUT2D eigenvalue weighted by atomic mass is 79.9. The summed E-state index contributed by atoms with van der Waals surface area (Å²) in [5.74, 6) is -0.0816. The van der Waals surface area contributed by atoms with Crippen molar-refractivity contribution in [3.05, 3.63) is 34.3 Å². The molecule has 23 heavy (non-hydrogen) atoms. The summed E-state index contributed by atoms with van der Waals surface area (Å²) in [6.07, 6.45) is 3.52. The molecule has 5 heteroatoms. The zero-order valence-corrected chi connectivity index (χ0v) is 14.5. The van der Waals surface area contributed by atoms with Crippen LogP contribution >= 0.6 is 15.9 Å². The van der Waals surface area contributed by atoms with Crippen molar-refractivity contribution in [1.82, 2.24) is 4.90 Å². The number of aliphatic carboxylic acids is 1. The number of nitrogens with zero attached hydrogens (tertiary/aromatic N) is 1. The number of carbonyl (C=O) groups is 2. The van der Waals surface area contributed by atoms with Crippen LogP contribution in [0, 0.1) is 17.3 Å². The summed E-state index contributed by atoms with van der Waals surface area (Å²) in [6, 6.07) is 8.13. The van der Waals surface area contributed by atoms with Gasteiger partial charge < -0.3 is 10.0 Å². The van der Waals surface area contributed by atoms with Crippen LogP contribution in [0.4, 0.5) is 0 Å². The first-order valence-corrected chi connectivity index (χ1v) is 9.08. The zero-order chi connectivity index (χ0) is 16.2. The number of hydrogen-bond donors (Lipinski definition) is 1. The molecule has 0 spiro atoms. The van der Waals surface area contributed by atoms with Crippen molar-refractivity contribution in [2.24, 2.45) is 17.3 Å². The molecule has 1 N–H and O–H groups in total. The molecule has 0 aromatic heterocycles. The third kappa shape index (κ3) is 2.40. The summed E-state index contributed by atoms with van der Waals surface area (Å²) in [6.45, 7) is 1.04. The van der Waals surface area contributed by atoms with Crippen LogP contribution in [0.1, 0.15) is 37.2 Å². The summed E-state index contributed by atoms with van der Waals surface area (Å²) in [4.78, 5) is 26.4. The molecule has 1 aromatic rings. The number of amides is 1. The van der Waals surface area contributed by atoms with Gasteiger partial charge in [-0.25, -0.2) is 0 Å². The van der Waals surface area contributed by atoms with Gasteiger partial charge in [0.25, 0.3) is 0 Å². The van der Waals surface area contributed by atoms with Gasteiger partial charge in [-0.1, -0.05) is 34.5 Å². The van der Waals surface area contributed by atoms with Gasteiger partial charge in [0.2, 0.25) is 5.91 Å². The third-order valence-corrected chi connectivity index (χ3v) is 6.49. The van der Waals surface area contributed by atoms with Crippen molar-refractivity contribution in [2.45, 2.75) is 31.6 Å². The van der Waals surface area contributed by atoms with E-state index >= 15 is 0 Å². The Morgan fingerprint density at radius 1 is 1.35 bits per heavy atom. The first kappa shape index (κ1) is 15.2. The van der Waals surface area contributed by atoms with Crippen molar-refractivity contribution >= 4 is 27.8 Å². The molecule has 3 fully saturated rings. The Bertz CT molecular complexity index is 676. The van der Waals surface area contributed by atoms with Crippen LogP contribution in [-0.4, -0.2) is 35.0 Å². The van der Waals surface area contributed by atoms with Gasteiger partial charge in [-0.05, 0) is 48.8 Å². The average Bonchev–Trinajstić information content (AvgIpc) is 3.06. The molecule has 4 atom stereocenters. The van der Waals surface area contributed by atoms with E-state index in [9.17, 15) is 14.7 Å². The Morgan fingerprint density at radius 3 is 2.87 bits per heavy atom. The number of carboxylic acid groups (broad SMARTS) is 1. The Labute approximate surface area is 144 Å². The highest BCUT2D eigenvalue weighted by Gasteiger charge is 2.57. The monoisotopic (exact) mass is 377 g/mol. The molecule has 0 bridgehead atoms. The lowest BCUT2D eigenvalue weighted by Gasteiger charge is -2.23. The Morgan fingerprint density at radius 2 is 2.17 bits per heavy atom. The molecule has 122 valence electrons. The van der Waals surface area contributed by atoms with Crippen LogP contribution in [0.15, 0.2) is 28.7 Å². The lowest BCUT2D eigenvalue weighted by molar-refractivity contribution is -0.149. The average molecular weight is 378 g/mol. The van der Waals surface area contributed by atoms with Crippen molar-refractivity contribution < 1.29 is 14.7 Å². The van der Waals surface area contributed by atoms with Crippen molar-refractivity contribution in [3.8, 4) is 0 Å². The first-order valence-electron chi connectivity index (χ1n) is 8.29. The number of hydrogen-bond acceptors (Lipinski definition) is 2. The van der Waals surface area contributed by atoms with Crippen LogP contribution < -0.4 is 0 Å². The molecule has 2 unspecified atom stereocenters. The fourth-order valence-electron chi connectivity index (χ4n) is 4.61. The number of likely N-dealkylation sites (tertiary alicyclic amines) is 1. The van der Waals surface area contributed by atoms with Crippen molar-refractivity contribution in [2.75, 3.05) is 13.1 Å². The molecule has 3 aliphatic rings. The van der Waals surface area contributed by atoms with Gasteiger partial charge in [0.1, 0.15) is 0 Å². The molecule has 0 radical (unpaired) electrons. The quantitative estimate of drug-likeness (QED) is 0.879. The molecule has 1 aliphatic heterocycles. The number of benzene rings is 1. The molecular weight excluding hydrogens is 358 g/mol. The lowest BCUT2D eigenvalue weighted by atomic mass is 9.81. The minimum Gasteiger partial charge on any atom is -0.481 e. The highest BCUT2D eigenvalue weighted by molar-refractivity contribution is 9.10. The van der Waals surface area contributed by atoms with Crippen LogP contribution in [0.2, 0.25) is 0 Å². The molecular formula is C18H20BrNO3. The largest absolute Gasteiger partial charge is 0.481 e. The number of fused-ring (bicyclic) bond motifs is 1. The van der Waals surface area contributed by atoms with E-state index in [1.807, 2.05) is 17.0 Å². The van der Waals surface area contributed by atoms with Crippen LogP contribution in [0.5, 0.6) is 0 Å². The third-order valence-electron chi connectivity index (χ3n) is 5.99. The summed E-state index contributed by atoms with van der Waals surface area (Å²) in [5.41, 5.74) is 0.528. The molecule has 1 amide bonds. The fourth-order valence-corrected chi connectivity index (χ4v) is 5.03. The smallest absolute Gasteiger partial charge is 0.311 e. The lowest BCUT2D eigenvalue weighted by Crippen LogP contribution is -2.37. The van der Waals surface area contributed by atoms with E-state index in [-0.39, 0.29) is 17.7 Å². The van der Waals surface area contributed by atoms with Crippen LogP contribution in [0.25, 0.3) is 0 Å². The van der Waals surface area contributed by atoms with E-state index in [2.05, 4.69) is 28.1 Å². The molecule has 2 aliphatic carbocycles. The summed E-state index contributed by atoms with van der Waals surface area (Å²) in [7, 11) is 0. The van der Waals surface area contributed by atoms with Gasteiger partial charge in [-0.15, -0.1) is 0 Å². The Kier molecular flexibility index (Phi) is 3.52. The highest BCUT2D eigenvalue weighted by Crippen LogP contribution is 2.53. The topological polar surface area (TPSA) is 57.6 Å². The van der Waals surface area contributed by atoms with E-state index in [0.717, 1.165) is 30.2 Å². The van der Waals surface area contributed by atoms with Crippen molar-refractivity contribution in [1.29, 1.82) is 0 Å². The first-order chi connectivity index (χ1) is 11.0. The van der Waals surface area contributed by atoms with E-state index in [0.29, 0.717) is 19.0 Å². The number of halogens is 1. The zero-order valence-electron chi connectivity index (χ0n) is 12.9.